The highest BCUT2D eigenvalue weighted by atomic mass is 79.9. The molecule has 0 heterocycles. The van der Waals surface area contributed by atoms with Crippen molar-refractivity contribution in [1.29, 1.82) is 0 Å². The highest BCUT2D eigenvalue weighted by Crippen LogP contribution is 2.16. The topological polar surface area (TPSA) is 80.5 Å². The van der Waals surface area contributed by atoms with Crippen molar-refractivity contribution < 1.29 is 13.2 Å². The van der Waals surface area contributed by atoms with Crippen LogP contribution in [-0.4, -0.2) is 32.2 Å². The van der Waals surface area contributed by atoms with Gasteiger partial charge in [0.25, 0.3) is 0 Å². The van der Waals surface area contributed by atoms with E-state index in [2.05, 4.69) is 15.9 Å². The maximum Gasteiger partial charge on any atom is 0.243 e. The lowest BCUT2D eigenvalue weighted by molar-refractivity contribution is -0.118. The molecule has 0 aliphatic carbocycles. The third kappa shape index (κ3) is 3.52. The molecule has 0 unspecified atom stereocenters. The molecule has 1 aromatic carbocycles. The minimum Gasteiger partial charge on any atom is -0.369 e. The first kappa shape index (κ1) is 14.1. The summed E-state index contributed by atoms with van der Waals surface area (Å²) in [6.45, 7) is -0.331. The summed E-state index contributed by atoms with van der Waals surface area (Å²) in [5.74, 6) is -0.687. The van der Waals surface area contributed by atoms with Gasteiger partial charge in [-0.25, -0.2) is 8.42 Å². The zero-order chi connectivity index (χ0) is 13.1. The summed E-state index contributed by atoms with van der Waals surface area (Å²) in [6.07, 6.45) is 0. The third-order valence-corrected chi connectivity index (χ3v) is 4.63. The van der Waals surface area contributed by atoms with Gasteiger partial charge in [-0.1, -0.05) is 28.1 Å². The summed E-state index contributed by atoms with van der Waals surface area (Å²) in [4.78, 5) is 10.8. The molecule has 0 bridgehead atoms. The molecule has 0 radical (unpaired) electrons. The molecule has 0 aromatic heterocycles. The first-order valence-electron chi connectivity index (χ1n) is 4.77. The number of hydrogen-bond donors (Lipinski definition) is 1. The van der Waals surface area contributed by atoms with Crippen LogP contribution < -0.4 is 5.73 Å². The Morgan fingerprint density at radius 1 is 1.35 bits per heavy atom. The number of carbonyl (C=O) groups excluding carboxylic acids is 1. The van der Waals surface area contributed by atoms with Crippen LogP contribution in [0.3, 0.4) is 0 Å². The van der Waals surface area contributed by atoms with E-state index in [4.69, 9.17) is 5.73 Å². The van der Waals surface area contributed by atoms with E-state index in [-0.39, 0.29) is 11.4 Å². The van der Waals surface area contributed by atoms with Gasteiger partial charge in [-0.15, -0.1) is 0 Å². The highest BCUT2D eigenvalue weighted by molar-refractivity contribution is 9.08. The van der Waals surface area contributed by atoms with E-state index in [0.29, 0.717) is 5.33 Å². The van der Waals surface area contributed by atoms with Crippen LogP contribution in [0.5, 0.6) is 0 Å². The van der Waals surface area contributed by atoms with Crippen LogP contribution in [-0.2, 0) is 20.1 Å². The standard InChI is InChI=1S/C10H13BrN2O3S/c1-13(7-10(12)14)17(15,16)9-4-2-8(6-11)3-5-9/h2-5H,6-7H2,1H3,(H2,12,14). The highest BCUT2D eigenvalue weighted by Gasteiger charge is 2.21. The number of amides is 1. The zero-order valence-electron chi connectivity index (χ0n) is 9.26. The summed E-state index contributed by atoms with van der Waals surface area (Å²) in [6, 6.07) is 6.42. The minimum atomic E-state index is -3.64. The number of rotatable bonds is 5. The van der Waals surface area contributed by atoms with Gasteiger partial charge in [-0.05, 0) is 17.7 Å². The predicted molar refractivity (Wildman–Crippen MR) is 68.1 cm³/mol. The van der Waals surface area contributed by atoms with Crippen molar-refractivity contribution in [2.24, 2.45) is 5.73 Å². The van der Waals surface area contributed by atoms with Crippen LogP contribution in [0.25, 0.3) is 0 Å². The molecule has 7 heteroatoms. The third-order valence-electron chi connectivity index (χ3n) is 2.16. The number of hydrogen-bond acceptors (Lipinski definition) is 3. The second kappa shape index (κ2) is 5.61. The molecule has 5 nitrogen and oxygen atoms in total. The maximum atomic E-state index is 12.0. The van der Waals surface area contributed by atoms with E-state index in [0.717, 1.165) is 9.87 Å². The van der Waals surface area contributed by atoms with Crippen molar-refractivity contribution in [3.63, 3.8) is 0 Å². The van der Waals surface area contributed by atoms with Crippen molar-refractivity contribution in [2.45, 2.75) is 10.2 Å². The smallest absolute Gasteiger partial charge is 0.243 e. The van der Waals surface area contributed by atoms with Gasteiger partial charge in [0.05, 0.1) is 11.4 Å². The number of benzene rings is 1. The Kier molecular flexibility index (Phi) is 4.67. The molecule has 0 aliphatic heterocycles. The number of alkyl halides is 1. The fourth-order valence-electron chi connectivity index (χ4n) is 1.23. The maximum absolute atomic E-state index is 12.0. The fraction of sp³-hybridized carbons (Fsp3) is 0.300. The van der Waals surface area contributed by atoms with E-state index in [9.17, 15) is 13.2 Å². The van der Waals surface area contributed by atoms with E-state index < -0.39 is 15.9 Å². The van der Waals surface area contributed by atoms with Crippen molar-refractivity contribution >= 4 is 31.9 Å². The Labute approximate surface area is 109 Å². The average Bonchev–Trinajstić information content (AvgIpc) is 2.28. The molecule has 0 saturated carbocycles. The second-order valence-corrected chi connectivity index (χ2v) is 6.11. The average molecular weight is 321 g/mol. The summed E-state index contributed by atoms with van der Waals surface area (Å²) >= 11 is 3.27. The van der Waals surface area contributed by atoms with Gasteiger partial charge >= 0.3 is 0 Å². The molecule has 0 saturated heterocycles. The molecule has 1 amide bonds. The number of carbonyl (C=O) groups is 1. The molecule has 0 aliphatic rings. The van der Waals surface area contributed by atoms with Gasteiger partial charge in [0.1, 0.15) is 0 Å². The zero-order valence-corrected chi connectivity index (χ0v) is 11.7. The van der Waals surface area contributed by atoms with Gasteiger partial charge < -0.3 is 5.73 Å². The second-order valence-electron chi connectivity index (χ2n) is 3.50. The van der Waals surface area contributed by atoms with E-state index >= 15 is 0 Å². The number of halogens is 1. The van der Waals surface area contributed by atoms with Crippen molar-refractivity contribution in [1.82, 2.24) is 4.31 Å². The minimum absolute atomic E-state index is 0.144. The molecule has 94 valence electrons. The Balaban J connectivity index is 3.00. The van der Waals surface area contributed by atoms with Gasteiger partial charge in [0.15, 0.2) is 0 Å². The predicted octanol–water partition coefficient (Wildman–Crippen LogP) is 0.687. The SMILES string of the molecule is CN(CC(N)=O)S(=O)(=O)c1ccc(CBr)cc1. The van der Waals surface area contributed by atoms with Gasteiger partial charge in [-0.3, -0.25) is 4.79 Å². The molecular weight excluding hydrogens is 308 g/mol. The van der Waals surface area contributed by atoms with Gasteiger partial charge in [-0.2, -0.15) is 4.31 Å². The largest absolute Gasteiger partial charge is 0.369 e. The summed E-state index contributed by atoms with van der Waals surface area (Å²) < 4.78 is 24.9. The molecule has 0 fully saturated rings. The molecule has 2 N–H and O–H groups in total. The number of nitrogens with two attached hydrogens (primary N) is 1. The van der Waals surface area contributed by atoms with Gasteiger partial charge in [0.2, 0.25) is 15.9 Å². The Bertz CT molecular complexity index is 499. The molecule has 0 spiro atoms. The van der Waals surface area contributed by atoms with Crippen molar-refractivity contribution in [3.8, 4) is 0 Å². The summed E-state index contributed by atoms with van der Waals surface area (Å²) in [5.41, 5.74) is 5.94. The first-order valence-corrected chi connectivity index (χ1v) is 7.33. The summed E-state index contributed by atoms with van der Waals surface area (Å²) in [5, 5.41) is 0.657. The number of sulfonamides is 1. The number of likely N-dealkylation sites (N-methyl/N-ethyl adjacent to an activating group) is 1. The molecule has 17 heavy (non-hydrogen) atoms. The Morgan fingerprint density at radius 2 is 1.88 bits per heavy atom. The van der Waals surface area contributed by atoms with Crippen LogP contribution in [0.15, 0.2) is 29.2 Å². The molecule has 1 aromatic rings. The lowest BCUT2D eigenvalue weighted by atomic mass is 10.2. The van der Waals surface area contributed by atoms with E-state index in [1.165, 1.54) is 19.2 Å². The summed E-state index contributed by atoms with van der Waals surface area (Å²) in [7, 11) is -2.32. The Hall–Kier alpha value is -0.920. The quantitative estimate of drug-likeness (QED) is 0.810. The Morgan fingerprint density at radius 3 is 2.29 bits per heavy atom. The number of primary amides is 1. The van der Waals surface area contributed by atoms with Crippen LogP contribution in [0.1, 0.15) is 5.56 Å². The first-order chi connectivity index (χ1) is 7.87. The van der Waals surface area contributed by atoms with Gasteiger partial charge in [0, 0.05) is 12.4 Å². The van der Waals surface area contributed by atoms with Crippen molar-refractivity contribution in [3.05, 3.63) is 29.8 Å². The monoisotopic (exact) mass is 320 g/mol. The van der Waals surface area contributed by atoms with Crippen LogP contribution in [0.2, 0.25) is 0 Å². The lowest BCUT2D eigenvalue weighted by Gasteiger charge is -2.15. The van der Waals surface area contributed by atoms with E-state index in [1.807, 2.05) is 0 Å². The fourth-order valence-corrected chi connectivity index (χ4v) is 2.75. The molecular formula is C10H13BrN2O3S. The number of nitrogens with zero attached hydrogens (tertiary/aromatic N) is 1. The van der Waals surface area contributed by atoms with E-state index in [1.54, 1.807) is 12.1 Å². The van der Waals surface area contributed by atoms with Crippen LogP contribution in [0, 0.1) is 0 Å². The van der Waals surface area contributed by atoms with Crippen molar-refractivity contribution in [2.75, 3.05) is 13.6 Å². The molecule has 1 rings (SSSR count). The normalized spacial score (nSPS) is 11.7. The van der Waals surface area contributed by atoms with Crippen LogP contribution >= 0.6 is 15.9 Å². The lowest BCUT2D eigenvalue weighted by Crippen LogP contribution is -2.35. The molecule has 0 atom stereocenters. The van der Waals surface area contributed by atoms with Crippen LogP contribution in [0.4, 0.5) is 0 Å².